The van der Waals surface area contributed by atoms with Crippen LogP contribution in [-0.2, 0) is 0 Å². The van der Waals surface area contributed by atoms with Crippen molar-refractivity contribution < 1.29 is 0 Å². The average molecular weight is 145 g/mol. The zero-order valence-corrected chi connectivity index (χ0v) is 5.86. The van der Waals surface area contributed by atoms with Gasteiger partial charge < -0.3 is 5.32 Å². The molecule has 0 bridgehead atoms. The maximum absolute atomic E-state index is 4.15. The second kappa shape index (κ2) is 2.54. The van der Waals surface area contributed by atoms with Gasteiger partial charge in [-0.2, -0.15) is 0 Å². The summed E-state index contributed by atoms with van der Waals surface area (Å²) in [6.45, 7) is 0. The van der Waals surface area contributed by atoms with Crippen LogP contribution in [0.15, 0.2) is 45.8 Å². The number of hydrogen-bond donors (Lipinski definition) is 1. The molecule has 0 spiro atoms. The Balaban J connectivity index is 2.44. The van der Waals surface area contributed by atoms with Gasteiger partial charge in [0.15, 0.2) is 0 Å². The highest BCUT2D eigenvalue weighted by Gasteiger charge is 2.04. The Bertz CT molecular complexity index is 305. The first-order chi connectivity index (χ1) is 5.47. The summed E-state index contributed by atoms with van der Waals surface area (Å²) in [6, 6.07) is 0. The van der Waals surface area contributed by atoms with E-state index in [0.717, 1.165) is 11.4 Å². The molecule has 3 nitrogen and oxygen atoms in total. The SMILES string of the molecule is C1=CC=C2NC=NC=C2N=C1. The Hall–Kier alpha value is -1.64. The summed E-state index contributed by atoms with van der Waals surface area (Å²) >= 11 is 0. The van der Waals surface area contributed by atoms with E-state index in [9.17, 15) is 0 Å². The monoisotopic (exact) mass is 145 g/mol. The third-order valence-corrected chi connectivity index (χ3v) is 1.44. The summed E-state index contributed by atoms with van der Waals surface area (Å²) in [7, 11) is 0. The Morgan fingerprint density at radius 2 is 2.27 bits per heavy atom. The van der Waals surface area contributed by atoms with Gasteiger partial charge in [-0.25, -0.2) is 4.99 Å². The van der Waals surface area contributed by atoms with Gasteiger partial charge in [0.2, 0.25) is 0 Å². The molecule has 2 aliphatic rings. The van der Waals surface area contributed by atoms with Crippen LogP contribution in [-0.4, -0.2) is 12.6 Å². The minimum absolute atomic E-state index is 0.873. The molecule has 0 saturated carbocycles. The van der Waals surface area contributed by atoms with Gasteiger partial charge in [0.25, 0.3) is 0 Å². The van der Waals surface area contributed by atoms with E-state index in [0.29, 0.717) is 0 Å². The predicted octanol–water partition coefficient (Wildman–Crippen LogP) is 0.984. The quantitative estimate of drug-likeness (QED) is 0.542. The molecule has 2 rings (SSSR count). The van der Waals surface area contributed by atoms with Crippen molar-refractivity contribution in [3.05, 3.63) is 35.8 Å². The normalized spacial score (nSPS) is 19.6. The summed E-state index contributed by atoms with van der Waals surface area (Å²) in [6.07, 6.45) is 10.9. The fourth-order valence-corrected chi connectivity index (χ4v) is 0.919. The maximum atomic E-state index is 4.15. The zero-order chi connectivity index (χ0) is 7.52. The van der Waals surface area contributed by atoms with Crippen molar-refractivity contribution >= 4 is 12.6 Å². The van der Waals surface area contributed by atoms with Gasteiger partial charge >= 0.3 is 0 Å². The van der Waals surface area contributed by atoms with Gasteiger partial charge in [-0.15, -0.1) is 0 Å². The molecule has 3 heteroatoms. The number of aliphatic imine (C=N–C) groups is 2. The van der Waals surface area contributed by atoms with E-state index in [4.69, 9.17) is 0 Å². The molecule has 0 unspecified atom stereocenters. The van der Waals surface area contributed by atoms with Crippen LogP contribution in [0.5, 0.6) is 0 Å². The van der Waals surface area contributed by atoms with E-state index < -0.39 is 0 Å². The van der Waals surface area contributed by atoms with E-state index in [-0.39, 0.29) is 0 Å². The van der Waals surface area contributed by atoms with Crippen molar-refractivity contribution in [2.45, 2.75) is 0 Å². The molecule has 54 valence electrons. The van der Waals surface area contributed by atoms with Crippen molar-refractivity contribution in [3.63, 3.8) is 0 Å². The lowest BCUT2D eigenvalue weighted by Crippen LogP contribution is -2.14. The molecule has 0 atom stereocenters. The molecular formula is C8H7N3. The molecule has 0 radical (unpaired) electrons. The lowest BCUT2D eigenvalue weighted by atomic mass is 10.3. The lowest BCUT2D eigenvalue weighted by molar-refractivity contribution is 1.09. The van der Waals surface area contributed by atoms with E-state index in [1.807, 2.05) is 18.2 Å². The highest BCUT2D eigenvalue weighted by molar-refractivity contribution is 5.76. The van der Waals surface area contributed by atoms with E-state index in [1.165, 1.54) is 0 Å². The maximum Gasteiger partial charge on any atom is 0.105 e. The van der Waals surface area contributed by atoms with E-state index in [2.05, 4.69) is 15.3 Å². The van der Waals surface area contributed by atoms with Gasteiger partial charge in [0, 0.05) is 6.21 Å². The van der Waals surface area contributed by atoms with Gasteiger partial charge in [0.1, 0.15) is 5.70 Å². The minimum atomic E-state index is 0.873. The van der Waals surface area contributed by atoms with Gasteiger partial charge in [-0.1, -0.05) is 6.08 Å². The van der Waals surface area contributed by atoms with Crippen molar-refractivity contribution in [2.75, 3.05) is 0 Å². The fraction of sp³-hybridized carbons (Fsp3) is 0. The molecule has 11 heavy (non-hydrogen) atoms. The first kappa shape index (κ1) is 6.09. The predicted molar refractivity (Wildman–Crippen MR) is 45.4 cm³/mol. The van der Waals surface area contributed by atoms with Crippen LogP contribution in [0.4, 0.5) is 0 Å². The number of allylic oxidation sites excluding steroid dienone is 3. The molecule has 0 aromatic heterocycles. The molecule has 0 aliphatic carbocycles. The molecule has 1 N–H and O–H groups in total. The number of rotatable bonds is 0. The molecule has 0 saturated heterocycles. The topological polar surface area (TPSA) is 36.8 Å². The van der Waals surface area contributed by atoms with Gasteiger partial charge in [-0.3, -0.25) is 4.99 Å². The van der Waals surface area contributed by atoms with E-state index in [1.54, 1.807) is 18.8 Å². The van der Waals surface area contributed by atoms with Gasteiger partial charge in [-0.05, 0) is 12.2 Å². The summed E-state index contributed by atoms with van der Waals surface area (Å²) in [5, 5.41) is 3.00. The smallest absolute Gasteiger partial charge is 0.105 e. The first-order valence-electron chi connectivity index (χ1n) is 3.36. The third kappa shape index (κ3) is 1.12. The van der Waals surface area contributed by atoms with Crippen LogP contribution in [0, 0.1) is 0 Å². The second-order valence-electron chi connectivity index (χ2n) is 2.18. The van der Waals surface area contributed by atoms with Crippen LogP contribution in [0.25, 0.3) is 0 Å². The Labute approximate surface area is 64.6 Å². The number of nitrogens with one attached hydrogen (secondary N) is 1. The van der Waals surface area contributed by atoms with Crippen molar-refractivity contribution in [3.8, 4) is 0 Å². The summed E-state index contributed by atoms with van der Waals surface area (Å²) in [5.74, 6) is 0. The Morgan fingerprint density at radius 1 is 1.27 bits per heavy atom. The minimum Gasteiger partial charge on any atom is -0.345 e. The third-order valence-electron chi connectivity index (χ3n) is 1.44. The van der Waals surface area contributed by atoms with Crippen molar-refractivity contribution in [1.82, 2.24) is 5.32 Å². The van der Waals surface area contributed by atoms with Crippen LogP contribution in [0.3, 0.4) is 0 Å². The summed E-state index contributed by atoms with van der Waals surface area (Å²) in [4.78, 5) is 8.07. The standard InChI is InChI=1S/C8H7N3/c1-2-4-10-8-5-9-6-11-7(8)3-1/h1-6H,(H,9,11). The number of fused-ring (bicyclic) bond motifs is 1. The average Bonchev–Trinajstić information content (AvgIpc) is 2.28. The van der Waals surface area contributed by atoms with Crippen LogP contribution in [0.2, 0.25) is 0 Å². The Kier molecular flexibility index (Phi) is 1.41. The Morgan fingerprint density at radius 3 is 3.27 bits per heavy atom. The molecule has 0 amide bonds. The number of hydrogen-bond acceptors (Lipinski definition) is 3. The molecular weight excluding hydrogens is 138 g/mol. The highest BCUT2D eigenvalue weighted by atomic mass is 15.0. The molecule has 0 aromatic carbocycles. The second-order valence-corrected chi connectivity index (χ2v) is 2.18. The highest BCUT2D eigenvalue weighted by Crippen LogP contribution is 2.12. The number of nitrogens with zero attached hydrogens (tertiary/aromatic N) is 2. The largest absolute Gasteiger partial charge is 0.345 e. The fourth-order valence-electron chi connectivity index (χ4n) is 0.919. The lowest BCUT2D eigenvalue weighted by Gasteiger charge is -2.07. The van der Waals surface area contributed by atoms with Crippen LogP contribution >= 0.6 is 0 Å². The van der Waals surface area contributed by atoms with Crippen LogP contribution in [0.1, 0.15) is 0 Å². The van der Waals surface area contributed by atoms with Crippen molar-refractivity contribution in [1.29, 1.82) is 0 Å². The molecule has 2 heterocycles. The summed E-state index contributed by atoms with van der Waals surface area (Å²) < 4.78 is 0. The molecule has 0 fully saturated rings. The first-order valence-corrected chi connectivity index (χ1v) is 3.36. The van der Waals surface area contributed by atoms with Crippen LogP contribution < -0.4 is 5.32 Å². The molecule has 2 aliphatic heterocycles. The van der Waals surface area contributed by atoms with E-state index >= 15 is 0 Å². The van der Waals surface area contributed by atoms with Gasteiger partial charge in [0.05, 0.1) is 18.2 Å². The zero-order valence-electron chi connectivity index (χ0n) is 5.86. The molecule has 0 aromatic rings. The van der Waals surface area contributed by atoms with Crippen molar-refractivity contribution in [2.24, 2.45) is 9.98 Å². The summed E-state index contributed by atoms with van der Waals surface area (Å²) in [5.41, 5.74) is 1.86.